The molecule has 24 heavy (non-hydrogen) atoms. The first-order chi connectivity index (χ1) is 11.6. The summed E-state index contributed by atoms with van der Waals surface area (Å²) in [5, 5.41) is 23.1. The number of ether oxygens (including phenoxy) is 1. The van der Waals surface area contributed by atoms with Crippen molar-refractivity contribution in [2.24, 2.45) is 0 Å². The second kappa shape index (κ2) is 6.15. The maximum absolute atomic E-state index is 12.4. The minimum atomic E-state index is -0.289. The molecular weight excluding hydrogens is 304 g/mol. The Kier molecular flexibility index (Phi) is 3.88. The van der Waals surface area contributed by atoms with Crippen LogP contribution in [0.15, 0.2) is 48.2 Å². The lowest BCUT2D eigenvalue weighted by atomic mass is 10.1. The summed E-state index contributed by atoms with van der Waals surface area (Å²) in [6.45, 7) is 1.93. The number of hydrogen-bond donors (Lipinski definition) is 2. The van der Waals surface area contributed by atoms with Crippen LogP contribution in [0.5, 0.6) is 11.5 Å². The number of aryl methyl sites for hydroxylation is 1. The molecule has 2 aromatic rings. The molecule has 0 spiro atoms. The van der Waals surface area contributed by atoms with Crippen LogP contribution >= 0.6 is 0 Å². The lowest BCUT2D eigenvalue weighted by Crippen LogP contribution is -2.10. The first kappa shape index (κ1) is 15.1. The second-order valence-corrected chi connectivity index (χ2v) is 5.19. The van der Waals surface area contributed by atoms with Crippen molar-refractivity contribution in [2.45, 2.75) is 6.92 Å². The highest BCUT2D eigenvalue weighted by molar-refractivity contribution is 6.08. The Morgan fingerprint density at radius 2 is 1.92 bits per heavy atom. The number of allylic oxidation sites excluding steroid dienone is 1. The van der Waals surface area contributed by atoms with Gasteiger partial charge in [0.2, 0.25) is 0 Å². The Bertz CT molecular complexity index is 932. The van der Waals surface area contributed by atoms with Crippen LogP contribution in [0.3, 0.4) is 0 Å². The van der Waals surface area contributed by atoms with Crippen molar-refractivity contribution in [1.82, 2.24) is 0 Å². The van der Waals surface area contributed by atoms with E-state index in [4.69, 9.17) is 15.3 Å². The van der Waals surface area contributed by atoms with Gasteiger partial charge in [0.05, 0.1) is 11.3 Å². The van der Waals surface area contributed by atoms with Gasteiger partial charge in [0.1, 0.15) is 23.5 Å². The second-order valence-electron chi connectivity index (χ2n) is 5.19. The molecule has 6 nitrogen and oxygen atoms in total. The molecule has 0 bridgehead atoms. The van der Waals surface area contributed by atoms with Crippen LogP contribution in [0.1, 0.15) is 15.9 Å². The lowest BCUT2D eigenvalue weighted by Gasteiger charge is -2.09. The quantitative estimate of drug-likeness (QED) is 0.823. The first-order valence-electron chi connectivity index (χ1n) is 7.11. The van der Waals surface area contributed by atoms with Gasteiger partial charge in [-0.3, -0.25) is 4.79 Å². The maximum atomic E-state index is 12.4. The van der Waals surface area contributed by atoms with E-state index in [1.54, 1.807) is 36.4 Å². The number of benzene rings is 2. The van der Waals surface area contributed by atoms with Crippen LogP contribution in [0.25, 0.3) is 0 Å². The highest BCUT2D eigenvalue weighted by atomic mass is 16.5. The third-order valence-electron chi connectivity index (χ3n) is 3.45. The van der Waals surface area contributed by atoms with E-state index in [0.717, 1.165) is 5.56 Å². The van der Waals surface area contributed by atoms with E-state index >= 15 is 0 Å². The third-order valence-corrected chi connectivity index (χ3v) is 3.45. The van der Waals surface area contributed by atoms with E-state index in [0.29, 0.717) is 28.4 Å². The van der Waals surface area contributed by atoms with Gasteiger partial charge in [0.15, 0.2) is 5.75 Å². The first-order valence-corrected chi connectivity index (χ1v) is 7.11. The van der Waals surface area contributed by atoms with Gasteiger partial charge in [-0.1, -0.05) is 6.07 Å². The Hall–Kier alpha value is -3.77. The van der Waals surface area contributed by atoms with E-state index in [2.05, 4.69) is 10.6 Å². The summed E-state index contributed by atoms with van der Waals surface area (Å²) < 4.78 is 5.82. The summed E-state index contributed by atoms with van der Waals surface area (Å²) in [5.41, 5.74) is 2.49. The zero-order chi connectivity index (χ0) is 17.1. The molecule has 0 unspecified atom stereocenters. The van der Waals surface area contributed by atoms with Gasteiger partial charge in [-0.15, -0.1) is 0 Å². The number of nitrogens with one attached hydrogen (secondary N) is 2. The van der Waals surface area contributed by atoms with E-state index in [1.807, 2.05) is 19.1 Å². The molecule has 1 amide bonds. The average molecular weight is 316 g/mol. The Labute approximate surface area is 138 Å². The third kappa shape index (κ3) is 2.90. The number of rotatable bonds is 2. The predicted octanol–water partition coefficient (Wildman–Crippen LogP) is 3.70. The smallest absolute Gasteiger partial charge is 0.259 e. The molecule has 0 atom stereocenters. The van der Waals surface area contributed by atoms with Crippen molar-refractivity contribution >= 4 is 17.3 Å². The van der Waals surface area contributed by atoms with Crippen molar-refractivity contribution in [2.75, 3.05) is 10.6 Å². The maximum Gasteiger partial charge on any atom is 0.259 e. The van der Waals surface area contributed by atoms with Gasteiger partial charge in [0.25, 0.3) is 5.91 Å². The van der Waals surface area contributed by atoms with Crippen molar-refractivity contribution in [3.8, 4) is 23.6 Å². The molecule has 1 heterocycles. The van der Waals surface area contributed by atoms with E-state index in [9.17, 15) is 4.79 Å². The minimum Gasteiger partial charge on any atom is -0.454 e. The monoisotopic (exact) mass is 316 g/mol. The van der Waals surface area contributed by atoms with Crippen LogP contribution < -0.4 is 15.4 Å². The van der Waals surface area contributed by atoms with Gasteiger partial charge in [-0.05, 0) is 42.8 Å². The molecule has 0 radical (unpaired) electrons. The molecule has 0 saturated carbocycles. The molecule has 0 fully saturated rings. The number of nitrogens with zero attached hydrogens (tertiary/aromatic N) is 2. The fourth-order valence-corrected chi connectivity index (χ4v) is 2.27. The van der Waals surface area contributed by atoms with Crippen LogP contribution in [0, 0.1) is 29.6 Å². The van der Waals surface area contributed by atoms with Crippen molar-refractivity contribution in [3.63, 3.8) is 0 Å². The molecule has 2 aromatic carbocycles. The number of fused-ring (bicyclic) bond motifs is 2. The highest BCUT2D eigenvalue weighted by Gasteiger charge is 2.21. The van der Waals surface area contributed by atoms with E-state index < -0.39 is 0 Å². The molecule has 6 heteroatoms. The summed E-state index contributed by atoms with van der Waals surface area (Å²) in [7, 11) is 0. The average Bonchev–Trinajstić information content (AvgIpc) is 2.71. The molecule has 1 aliphatic rings. The van der Waals surface area contributed by atoms with Crippen LogP contribution in [-0.4, -0.2) is 5.91 Å². The molecule has 2 N–H and O–H groups in total. The zero-order valence-corrected chi connectivity index (χ0v) is 12.8. The summed E-state index contributed by atoms with van der Waals surface area (Å²) in [5.74, 6) is 0.720. The summed E-state index contributed by atoms with van der Waals surface area (Å²) in [4.78, 5) is 12.4. The predicted molar refractivity (Wildman–Crippen MR) is 88.6 cm³/mol. The largest absolute Gasteiger partial charge is 0.454 e. The molecule has 3 rings (SSSR count). The molecule has 0 saturated heterocycles. The zero-order valence-electron chi connectivity index (χ0n) is 12.8. The minimum absolute atomic E-state index is 0.0616. The summed E-state index contributed by atoms with van der Waals surface area (Å²) in [6.07, 6.45) is 1.29. The standard InChI is InChI=1S/C18H12N4O2/c1-11-2-4-17-15(6-11)22-18(23)14-7-13(3-5-16(14)24-17)21-10-12(8-19)9-20/h2-7,10,21H,1H3,(H,22,23). The number of carbonyl (C=O) groups is 1. The summed E-state index contributed by atoms with van der Waals surface area (Å²) >= 11 is 0. The number of carbonyl (C=O) groups excluding carboxylic acids is 1. The van der Waals surface area contributed by atoms with E-state index in [-0.39, 0.29) is 11.5 Å². The fourth-order valence-electron chi connectivity index (χ4n) is 2.27. The van der Waals surface area contributed by atoms with Crippen molar-refractivity contribution in [1.29, 1.82) is 10.5 Å². The van der Waals surface area contributed by atoms with Gasteiger partial charge < -0.3 is 15.4 Å². The lowest BCUT2D eigenvalue weighted by molar-refractivity contribution is 0.102. The van der Waals surface area contributed by atoms with Gasteiger partial charge in [-0.25, -0.2) is 0 Å². The molecular formula is C18H12N4O2. The Morgan fingerprint density at radius 1 is 1.17 bits per heavy atom. The SMILES string of the molecule is Cc1ccc2c(c1)NC(=O)c1cc(NC=C(C#N)C#N)ccc1O2. The highest BCUT2D eigenvalue weighted by Crippen LogP contribution is 2.37. The fraction of sp³-hybridized carbons (Fsp3) is 0.0556. The normalized spacial score (nSPS) is 11.4. The topological polar surface area (TPSA) is 97.9 Å². The number of nitriles is 2. The van der Waals surface area contributed by atoms with Crippen molar-refractivity contribution in [3.05, 3.63) is 59.3 Å². The Morgan fingerprint density at radius 3 is 2.67 bits per heavy atom. The van der Waals surface area contributed by atoms with Crippen LogP contribution in [0.4, 0.5) is 11.4 Å². The molecule has 1 aliphatic heterocycles. The van der Waals surface area contributed by atoms with Gasteiger partial charge in [0, 0.05) is 11.9 Å². The number of anilines is 2. The molecule has 0 aliphatic carbocycles. The van der Waals surface area contributed by atoms with Gasteiger partial charge in [-0.2, -0.15) is 10.5 Å². The molecule has 116 valence electrons. The Balaban J connectivity index is 1.95. The van der Waals surface area contributed by atoms with E-state index in [1.165, 1.54) is 6.20 Å². The van der Waals surface area contributed by atoms with Crippen LogP contribution in [-0.2, 0) is 0 Å². The number of hydrogen-bond acceptors (Lipinski definition) is 5. The molecule has 0 aromatic heterocycles. The number of amides is 1. The summed E-state index contributed by atoms with van der Waals surface area (Å²) in [6, 6.07) is 14.0. The van der Waals surface area contributed by atoms with Gasteiger partial charge >= 0.3 is 0 Å². The van der Waals surface area contributed by atoms with Crippen molar-refractivity contribution < 1.29 is 9.53 Å². The van der Waals surface area contributed by atoms with Crippen LogP contribution in [0.2, 0.25) is 0 Å².